The number of benzene rings is 2. The third kappa shape index (κ3) is 7.86. The van der Waals surface area contributed by atoms with E-state index >= 15 is 0 Å². The van der Waals surface area contributed by atoms with Crippen molar-refractivity contribution in [2.45, 2.75) is 63.4 Å². The molecule has 2 aromatic carbocycles. The normalized spacial score (nSPS) is 12.8. The molecule has 0 aromatic heterocycles. The number of carbonyl (C=O) groups excluding carboxylic acids is 2. The SMILES string of the molecule is CC[C@H](C)NC(=O)[C@H](CC)N(CCc1ccccc1)C(=O)CCSc1ccccc1. The summed E-state index contributed by atoms with van der Waals surface area (Å²) in [4.78, 5) is 29.0. The largest absolute Gasteiger partial charge is 0.352 e. The van der Waals surface area contributed by atoms with Crippen molar-refractivity contribution < 1.29 is 9.59 Å². The number of amides is 2. The number of carbonyl (C=O) groups is 2. The van der Waals surface area contributed by atoms with Crippen LogP contribution in [-0.2, 0) is 16.0 Å². The van der Waals surface area contributed by atoms with Gasteiger partial charge in [0.15, 0.2) is 0 Å². The van der Waals surface area contributed by atoms with Crippen LogP contribution in [0.1, 0.15) is 45.6 Å². The summed E-state index contributed by atoms with van der Waals surface area (Å²) in [5.41, 5.74) is 1.17. The van der Waals surface area contributed by atoms with Crippen LogP contribution in [0.4, 0.5) is 0 Å². The Morgan fingerprint density at radius 1 is 0.967 bits per heavy atom. The van der Waals surface area contributed by atoms with Gasteiger partial charge in [-0.15, -0.1) is 11.8 Å². The molecule has 0 saturated carbocycles. The molecule has 2 aromatic rings. The molecular weight excluding hydrogens is 392 g/mol. The first kappa shape index (κ1) is 24.0. The summed E-state index contributed by atoms with van der Waals surface area (Å²) in [5.74, 6) is 0.693. The lowest BCUT2D eigenvalue weighted by Gasteiger charge is -2.31. The molecule has 0 heterocycles. The lowest BCUT2D eigenvalue weighted by Crippen LogP contribution is -2.51. The first-order valence-corrected chi connectivity index (χ1v) is 11.8. The van der Waals surface area contributed by atoms with Crippen LogP contribution in [0.5, 0.6) is 0 Å². The van der Waals surface area contributed by atoms with Gasteiger partial charge in [0.1, 0.15) is 6.04 Å². The van der Waals surface area contributed by atoms with E-state index < -0.39 is 6.04 Å². The number of hydrogen-bond donors (Lipinski definition) is 1. The van der Waals surface area contributed by atoms with E-state index in [4.69, 9.17) is 0 Å². The summed E-state index contributed by atoms with van der Waals surface area (Å²) < 4.78 is 0. The summed E-state index contributed by atoms with van der Waals surface area (Å²) in [6.07, 6.45) is 2.63. The quantitative estimate of drug-likeness (QED) is 0.490. The molecule has 0 bridgehead atoms. The van der Waals surface area contributed by atoms with Crippen LogP contribution < -0.4 is 5.32 Å². The minimum Gasteiger partial charge on any atom is -0.352 e. The van der Waals surface area contributed by atoms with Gasteiger partial charge in [-0.25, -0.2) is 0 Å². The van der Waals surface area contributed by atoms with Gasteiger partial charge >= 0.3 is 0 Å². The van der Waals surface area contributed by atoms with E-state index in [9.17, 15) is 9.59 Å². The van der Waals surface area contributed by atoms with Crippen LogP contribution in [0.25, 0.3) is 0 Å². The highest BCUT2D eigenvalue weighted by atomic mass is 32.2. The van der Waals surface area contributed by atoms with E-state index in [1.54, 1.807) is 16.7 Å². The molecule has 0 aliphatic carbocycles. The second kappa shape index (κ2) is 13.1. The van der Waals surface area contributed by atoms with Crippen LogP contribution >= 0.6 is 11.8 Å². The van der Waals surface area contributed by atoms with E-state index in [0.717, 1.165) is 17.7 Å². The fourth-order valence-corrected chi connectivity index (χ4v) is 4.12. The van der Waals surface area contributed by atoms with Gasteiger partial charge in [-0.3, -0.25) is 9.59 Å². The molecule has 162 valence electrons. The van der Waals surface area contributed by atoms with E-state index in [0.29, 0.717) is 25.1 Å². The van der Waals surface area contributed by atoms with Crippen molar-refractivity contribution >= 4 is 23.6 Å². The molecule has 2 rings (SSSR count). The number of thioether (sulfide) groups is 1. The monoisotopic (exact) mass is 426 g/mol. The van der Waals surface area contributed by atoms with Gasteiger partial charge in [0.25, 0.3) is 0 Å². The van der Waals surface area contributed by atoms with Gasteiger partial charge in [0.2, 0.25) is 11.8 Å². The van der Waals surface area contributed by atoms with E-state index in [1.165, 1.54) is 5.56 Å². The number of hydrogen-bond acceptors (Lipinski definition) is 3. The summed E-state index contributed by atoms with van der Waals surface area (Å²) in [6, 6.07) is 19.9. The summed E-state index contributed by atoms with van der Waals surface area (Å²) >= 11 is 1.67. The van der Waals surface area contributed by atoms with Gasteiger partial charge in [0.05, 0.1) is 0 Å². The van der Waals surface area contributed by atoms with Crippen molar-refractivity contribution in [3.63, 3.8) is 0 Å². The summed E-state index contributed by atoms with van der Waals surface area (Å²) in [5, 5.41) is 3.06. The molecule has 4 nitrogen and oxygen atoms in total. The Labute approximate surface area is 185 Å². The highest BCUT2D eigenvalue weighted by molar-refractivity contribution is 7.99. The first-order valence-electron chi connectivity index (χ1n) is 10.9. The number of rotatable bonds is 12. The summed E-state index contributed by atoms with van der Waals surface area (Å²) in [6.45, 7) is 6.57. The maximum absolute atomic E-state index is 13.1. The molecular formula is C25H34N2O2S. The Hall–Kier alpha value is -2.27. The minimum absolute atomic E-state index is 0.0421. The zero-order valence-corrected chi connectivity index (χ0v) is 19.2. The average molecular weight is 427 g/mol. The van der Waals surface area contributed by atoms with Crippen LogP contribution in [0, 0.1) is 0 Å². The highest BCUT2D eigenvalue weighted by Gasteiger charge is 2.28. The maximum atomic E-state index is 13.1. The zero-order chi connectivity index (χ0) is 21.8. The Morgan fingerprint density at radius 2 is 1.60 bits per heavy atom. The molecule has 30 heavy (non-hydrogen) atoms. The number of nitrogens with zero attached hydrogens (tertiary/aromatic N) is 1. The molecule has 0 aliphatic heterocycles. The minimum atomic E-state index is -0.433. The Balaban J connectivity index is 2.05. The van der Waals surface area contributed by atoms with Crippen molar-refractivity contribution in [1.29, 1.82) is 0 Å². The lowest BCUT2D eigenvalue weighted by atomic mass is 10.1. The van der Waals surface area contributed by atoms with Gasteiger partial charge in [0, 0.05) is 29.7 Å². The average Bonchev–Trinajstić information content (AvgIpc) is 2.77. The van der Waals surface area contributed by atoms with Gasteiger partial charge < -0.3 is 10.2 Å². The van der Waals surface area contributed by atoms with Crippen molar-refractivity contribution in [1.82, 2.24) is 10.2 Å². The second-order valence-electron chi connectivity index (χ2n) is 7.48. The lowest BCUT2D eigenvalue weighted by molar-refractivity contribution is -0.140. The van der Waals surface area contributed by atoms with Gasteiger partial charge in [-0.05, 0) is 43.9 Å². The Morgan fingerprint density at radius 3 is 2.20 bits per heavy atom. The fraction of sp³-hybridized carbons (Fsp3) is 0.440. The highest BCUT2D eigenvalue weighted by Crippen LogP contribution is 2.19. The van der Waals surface area contributed by atoms with Crippen LogP contribution in [-0.4, -0.2) is 41.1 Å². The van der Waals surface area contributed by atoms with Gasteiger partial charge in [-0.2, -0.15) is 0 Å². The second-order valence-corrected chi connectivity index (χ2v) is 8.64. The standard InChI is InChI=1S/C25H34N2O2S/c1-4-20(3)26-25(29)23(5-2)27(18-16-21-12-8-6-9-13-21)24(28)17-19-30-22-14-10-7-11-15-22/h6-15,20,23H,4-5,16-19H2,1-3H3,(H,26,29)/t20-,23-/m0/s1. The predicted molar refractivity (Wildman–Crippen MR) is 126 cm³/mol. The Bertz CT molecular complexity index is 767. The fourth-order valence-electron chi connectivity index (χ4n) is 3.25. The van der Waals surface area contributed by atoms with E-state index in [-0.39, 0.29) is 17.9 Å². The smallest absolute Gasteiger partial charge is 0.243 e. The first-order chi connectivity index (χ1) is 14.5. The molecule has 0 spiro atoms. The van der Waals surface area contributed by atoms with Crippen LogP contribution in [0.3, 0.4) is 0 Å². The molecule has 0 aliphatic rings. The summed E-state index contributed by atoms with van der Waals surface area (Å²) in [7, 11) is 0. The van der Waals surface area contributed by atoms with Crippen LogP contribution in [0.2, 0.25) is 0 Å². The molecule has 2 atom stereocenters. The molecule has 0 radical (unpaired) electrons. The third-order valence-corrected chi connectivity index (χ3v) is 6.21. The van der Waals surface area contributed by atoms with Crippen LogP contribution in [0.15, 0.2) is 65.6 Å². The van der Waals surface area contributed by atoms with Crippen molar-refractivity contribution in [3.8, 4) is 0 Å². The maximum Gasteiger partial charge on any atom is 0.243 e. The molecule has 0 fully saturated rings. The van der Waals surface area contributed by atoms with E-state index in [2.05, 4.69) is 29.6 Å². The zero-order valence-electron chi connectivity index (χ0n) is 18.3. The molecule has 5 heteroatoms. The predicted octanol–water partition coefficient (Wildman–Crippen LogP) is 4.93. The topological polar surface area (TPSA) is 49.4 Å². The third-order valence-electron chi connectivity index (χ3n) is 5.20. The van der Waals surface area contributed by atoms with E-state index in [1.807, 2.05) is 57.2 Å². The molecule has 0 unspecified atom stereocenters. The number of nitrogens with one attached hydrogen (secondary N) is 1. The molecule has 0 saturated heterocycles. The Kier molecular flexibility index (Phi) is 10.5. The molecule has 1 N–H and O–H groups in total. The van der Waals surface area contributed by atoms with Crippen molar-refractivity contribution in [2.75, 3.05) is 12.3 Å². The van der Waals surface area contributed by atoms with Crippen molar-refractivity contribution in [2.24, 2.45) is 0 Å². The van der Waals surface area contributed by atoms with Crippen molar-refractivity contribution in [3.05, 3.63) is 66.2 Å². The molecule has 2 amide bonds. The van der Waals surface area contributed by atoms with Gasteiger partial charge in [-0.1, -0.05) is 62.4 Å².